The molecule has 134 valence electrons. The van der Waals surface area contributed by atoms with Gasteiger partial charge in [0.1, 0.15) is 0 Å². The molecule has 0 aliphatic carbocycles. The highest BCUT2D eigenvalue weighted by Crippen LogP contribution is 2.28. The molecule has 2 saturated heterocycles. The molecule has 0 radical (unpaired) electrons. The van der Waals surface area contributed by atoms with E-state index >= 15 is 0 Å². The first-order valence-electron chi connectivity index (χ1n) is 9.25. The molecule has 1 N–H and O–H groups in total. The lowest BCUT2D eigenvalue weighted by Gasteiger charge is -2.37. The number of para-hydroxylation sites is 2. The van der Waals surface area contributed by atoms with E-state index in [2.05, 4.69) is 4.98 Å². The van der Waals surface area contributed by atoms with Gasteiger partial charge in [-0.2, -0.15) is 0 Å². The van der Waals surface area contributed by atoms with Crippen molar-refractivity contribution < 1.29 is 9.53 Å². The summed E-state index contributed by atoms with van der Waals surface area (Å²) < 4.78 is 7.51. The Hall–Kier alpha value is -2.08. The molecule has 6 heteroatoms. The number of amides is 1. The zero-order chi connectivity index (χ0) is 17.4. The number of likely N-dealkylation sites (tertiary alicyclic amines) is 1. The van der Waals surface area contributed by atoms with Gasteiger partial charge in [-0.25, -0.2) is 4.79 Å². The third kappa shape index (κ3) is 2.99. The number of imidazole rings is 1. The predicted molar refractivity (Wildman–Crippen MR) is 95.5 cm³/mol. The van der Waals surface area contributed by atoms with Crippen molar-refractivity contribution in [2.24, 2.45) is 5.92 Å². The Kier molecular flexibility index (Phi) is 4.37. The van der Waals surface area contributed by atoms with Crippen LogP contribution in [0.2, 0.25) is 0 Å². The highest BCUT2D eigenvalue weighted by molar-refractivity contribution is 5.79. The van der Waals surface area contributed by atoms with Crippen LogP contribution in [0.3, 0.4) is 0 Å². The van der Waals surface area contributed by atoms with E-state index in [0.717, 1.165) is 43.3 Å². The Morgan fingerprint density at radius 1 is 1.20 bits per heavy atom. The van der Waals surface area contributed by atoms with Crippen LogP contribution in [-0.2, 0) is 9.53 Å². The van der Waals surface area contributed by atoms with Crippen LogP contribution in [0.15, 0.2) is 29.1 Å². The second-order valence-corrected chi connectivity index (χ2v) is 7.20. The van der Waals surface area contributed by atoms with Gasteiger partial charge >= 0.3 is 5.69 Å². The number of nitrogens with zero attached hydrogens (tertiary/aromatic N) is 2. The van der Waals surface area contributed by atoms with Crippen LogP contribution in [0.1, 0.15) is 38.6 Å². The number of hydrogen-bond donors (Lipinski definition) is 1. The van der Waals surface area contributed by atoms with Crippen molar-refractivity contribution in [1.29, 1.82) is 0 Å². The van der Waals surface area contributed by atoms with Crippen LogP contribution in [0.4, 0.5) is 0 Å². The van der Waals surface area contributed by atoms with E-state index in [9.17, 15) is 9.59 Å². The van der Waals surface area contributed by atoms with E-state index in [1.54, 1.807) is 0 Å². The smallest absolute Gasteiger partial charge is 0.326 e. The standard InChI is InChI=1S/C19H25N3O3/c1-13-15(5-4-12-25-13)18(23)21-10-8-14(9-11-21)22-17-7-3-2-6-16(17)20-19(22)24/h2-3,6-7,13-15H,4-5,8-12H2,1H3,(H,20,24). The fourth-order valence-electron chi connectivity index (χ4n) is 4.26. The number of fused-ring (bicyclic) bond motifs is 1. The first-order valence-corrected chi connectivity index (χ1v) is 9.25. The molecule has 2 atom stereocenters. The van der Waals surface area contributed by atoms with Crippen molar-refractivity contribution >= 4 is 16.9 Å². The highest BCUT2D eigenvalue weighted by atomic mass is 16.5. The van der Waals surface area contributed by atoms with Crippen molar-refractivity contribution in [3.63, 3.8) is 0 Å². The molecule has 0 saturated carbocycles. The normalized spacial score (nSPS) is 25.4. The van der Waals surface area contributed by atoms with Gasteiger partial charge in [0.2, 0.25) is 5.91 Å². The monoisotopic (exact) mass is 343 g/mol. The first-order chi connectivity index (χ1) is 12.1. The van der Waals surface area contributed by atoms with Crippen molar-refractivity contribution in [3.05, 3.63) is 34.7 Å². The summed E-state index contributed by atoms with van der Waals surface area (Å²) in [5, 5.41) is 0. The summed E-state index contributed by atoms with van der Waals surface area (Å²) >= 11 is 0. The first kappa shape index (κ1) is 16.4. The van der Waals surface area contributed by atoms with E-state index in [0.29, 0.717) is 13.1 Å². The Morgan fingerprint density at radius 3 is 2.72 bits per heavy atom. The Balaban J connectivity index is 1.47. The maximum Gasteiger partial charge on any atom is 0.326 e. The number of piperidine rings is 1. The number of aromatic nitrogens is 2. The van der Waals surface area contributed by atoms with Crippen LogP contribution >= 0.6 is 0 Å². The molecule has 2 unspecified atom stereocenters. The van der Waals surface area contributed by atoms with Crippen LogP contribution in [-0.4, -0.2) is 46.2 Å². The fraction of sp³-hybridized carbons (Fsp3) is 0.579. The molecule has 25 heavy (non-hydrogen) atoms. The average molecular weight is 343 g/mol. The minimum atomic E-state index is -0.0553. The van der Waals surface area contributed by atoms with Crippen LogP contribution in [0, 0.1) is 5.92 Å². The Morgan fingerprint density at radius 2 is 1.96 bits per heavy atom. The lowest BCUT2D eigenvalue weighted by molar-refractivity contribution is -0.145. The van der Waals surface area contributed by atoms with Crippen molar-refractivity contribution in [2.45, 2.75) is 44.8 Å². The van der Waals surface area contributed by atoms with E-state index in [1.165, 1.54) is 0 Å². The maximum absolute atomic E-state index is 12.8. The Bertz CT molecular complexity index is 817. The van der Waals surface area contributed by atoms with Crippen molar-refractivity contribution in [2.75, 3.05) is 19.7 Å². The van der Waals surface area contributed by atoms with Gasteiger partial charge in [0.25, 0.3) is 0 Å². The molecular weight excluding hydrogens is 318 g/mol. The Labute approximate surface area is 146 Å². The lowest BCUT2D eigenvalue weighted by Crippen LogP contribution is -2.46. The number of rotatable bonds is 2. The average Bonchev–Trinajstić information content (AvgIpc) is 2.97. The third-order valence-corrected chi connectivity index (χ3v) is 5.69. The SMILES string of the molecule is CC1OCCCC1C(=O)N1CCC(n2c(=O)[nH]c3ccccc32)CC1. The predicted octanol–water partition coefficient (Wildman–Crippen LogP) is 2.31. The van der Waals surface area contributed by atoms with Gasteiger partial charge in [-0.1, -0.05) is 12.1 Å². The lowest BCUT2D eigenvalue weighted by atomic mass is 9.92. The van der Waals surface area contributed by atoms with E-state index < -0.39 is 0 Å². The zero-order valence-electron chi connectivity index (χ0n) is 14.6. The number of benzene rings is 1. The molecule has 1 aromatic carbocycles. The fourth-order valence-corrected chi connectivity index (χ4v) is 4.26. The van der Waals surface area contributed by atoms with E-state index in [1.807, 2.05) is 40.7 Å². The molecule has 4 rings (SSSR count). The third-order valence-electron chi connectivity index (χ3n) is 5.69. The van der Waals surface area contributed by atoms with Gasteiger partial charge in [-0.15, -0.1) is 0 Å². The number of ether oxygens (including phenoxy) is 1. The summed E-state index contributed by atoms with van der Waals surface area (Å²) in [7, 11) is 0. The number of carbonyl (C=O) groups is 1. The van der Waals surface area contributed by atoms with Crippen molar-refractivity contribution in [1.82, 2.24) is 14.5 Å². The minimum Gasteiger partial charge on any atom is -0.378 e. The van der Waals surface area contributed by atoms with Gasteiger partial charge < -0.3 is 14.6 Å². The number of hydrogen-bond acceptors (Lipinski definition) is 3. The molecule has 2 aliphatic heterocycles. The summed E-state index contributed by atoms with van der Waals surface area (Å²) in [6.45, 7) is 4.17. The zero-order valence-corrected chi connectivity index (χ0v) is 14.6. The number of aromatic amines is 1. The molecule has 3 heterocycles. The van der Waals surface area contributed by atoms with Crippen LogP contribution in [0.25, 0.3) is 11.0 Å². The number of nitrogens with one attached hydrogen (secondary N) is 1. The summed E-state index contributed by atoms with van der Waals surface area (Å²) in [5.41, 5.74) is 1.77. The van der Waals surface area contributed by atoms with E-state index in [-0.39, 0.29) is 29.7 Å². The molecule has 6 nitrogen and oxygen atoms in total. The quantitative estimate of drug-likeness (QED) is 0.910. The van der Waals surface area contributed by atoms with Crippen LogP contribution < -0.4 is 5.69 Å². The van der Waals surface area contributed by atoms with Gasteiger partial charge in [0.05, 0.1) is 23.1 Å². The maximum atomic E-state index is 12.8. The van der Waals surface area contributed by atoms with Gasteiger partial charge in [0, 0.05) is 25.7 Å². The van der Waals surface area contributed by atoms with Gasteiger partial charge in [0.15, 0.2) is 0 Å². The second kappa shape index (κ2) is 6.67. The highest BCUT2D eigenvalue weighted by Gasteiger charge is 2.34. The molecule has 0 spiro atoms. The molecule has 2 aliphatic rings. The van der Waals surface area contributed by atoms with Gasteiger partial charge in [-0.3, -0.25) is 9.36 Å². The van der Waals surface area contributed by atoms with E-state index in [4.69, 9.17) is 4.74 Å². The molecule has 1 aromatic heterocycles. The largest absolute Gasteiger partial charge is 0.378 e. The molecular formula is C19H25N3O3. The number of carbonyl (C=O) groups excluding carboxylic acids is 1. The van der Waals surface area contributed by atoms with Crippen LogP contribution in [0.5, 0.6) is 0 Å². The molecule has 2 fully saturated rings. The minimum absolute atomic E-state index is 0.00945. The number of H-pyrrole nitrogens is 1. The summed E-state index contributed by atoms with van der Waals surface area (Å²) in [4.78, 5) is 30.1. The molecule has 0 bridgehead atoms. The summed E-state index contributed by atoms with van der Waals surface area (Å²) in [5.74, 6) is 0.207. The molecule has 2 aromatic rings. The van der Waals surface area contributed by atoms with Gasteiger partial charge in [-0.05, 0) is 44.7 Å². The summed E-state index contributed by atoms with van der Waals surface area (Å²) in [6.07, 6.45) is 3.52. The molecule has 1 amide bonds. The van der Waals surface area contributed by atoms with Crippen molar-refractivity contribution in [3.8, 4) is 0 Å². The summed E-state index contributed by atoms with van der Waals surface area (Å²) in [6, 6.07) is 7.93. The topological polar surface area (TPSA) is 67.3 Å². The second-order valence-electron chi connectivity index (χ2n) is 7.20.